The van der Waals surface area contributed by atoms with Crippen LogP contribution in [0.4, 0.5) is 5.82 Å². The predicted octanol–water partition coefficient (Wildman–Crippen LogP) is 4.04. The summed E-state index contributed by atoms with van der Waals surface area (Å²) in [5.74, 6) is 0.617. The number of amides is 1. The van der Waals surface area contributed by atoms with Crippen molar-refractivity contribution in [1.29, 1.82) is 0 Å². The summed E-state index contributed by atoms with van der Waals surface area (Å²) in [6.45, 7) is 7.21. The van der Waals surface area contributed by atoms with E-state index in [0.29, 0.717) is 5.82 Å². The molecule has 1 amide bonds. The second-order valence-electron chi connectivity index (χ2n) is 9.51. The van der Waals surface area contributed by atoms with Gasteiger partial charge in [0.1, 0.15) is 5.82 Å². The number of piperidine rings is 1. The lowest BCUT2D eigenvalue weighted by molar-refractivity contribution is -0.120. The van der Waals surface area contributed by atoms with E-state index in [0.717, 1.165) is 49.1 Å². The lowest BCUT2D eigenvalue weighted by Gasteiger charge is -2.26. The van der Waals surface area contributed by atoms with Gasteiger partial charge in [0.15, 0.2) is 0 Å². The summed E-state index contributed by atoms with van der Waals surface area (Å²) in [5.41, 5.74) is 3.57. The summed E-state index contributed by atoms with van der Waals surface area (Å²) in [5, 5.41) is 9.72. The van der Waals surface area contributed by atoms with Gasteiger partial charge in [-0.25, -0.2) is 4.98 Å². The van der Waals surface area contributed by atoms with E-state index in [9.17, 15) is 4.79 Å². The number of hydrogen-bond acceptors (Lipinski definition) is 5. The Morgan fingerprint density at radius 2 is 1.76 bits per heavy atom. The van der Waals surface area contributed by atoms with Crippen LogP contribution in [0.15, 0.2) is 36.7 Å². The molecule has 4 heterocycles. The van der Waals surface area contributed by atoms with E-state index in [2.05, 4.69) is 43.4 Å². The molecule has 7 heteroatoms. The van der Waals surface area contributed by atoms with E-state index < -0.39 is 0 Å². The predicted molar refractivity (Wildman–Crippen MR) is 132 cm³/mol. The van der Waals surface area contributed by atoms with Crippen LogP contribution in [0.25, 0.3) is 21.9 Å². The highest BCUT2D eigenvalue weighted by Crippen LogP contribution is 2.29. The van der Waals surface area contributed by atoms with Gasteiger partial charge in [0, 0.05) is 30.7 Å². The minimum Gasteiger partial charge on any atom is -0.309 e. The molecule has 2 aliphatic rings. The Hall–Kier alpha value is -2.77. The number of nitrogens with zero attached hydrogens (tertiary/aromatic N) is 5. The van der Waals surface area contributed by atoms with E-state index in [1.807, 2.05) is 37.1 Å². The van der Waals surface area contributed by atoms with Crippen LogP contribution in [0.5, 0.6) is 0 Å². The Morgan fingerprint density at radius 1 is 1.00 bits per heavy atom. The van der Waals surface area contributed by atoms with Crippen molar-refractivity contribution in [3.8, 4) is 11.1 Å². The molecule has 1 N–H and O–H groups in total. The standard InChI is InChI=1S/C26H34N6O/c1-19(32-12-6-7-13-32)26(33)29-25-15-22-14-20(8-9-21(22)16-27-25)23-17-28-30(2)24(23)18-31-10-4-3-5-11-31/h8-9,14-17,19H,3-7,10-13,18H2,1-2H3,(H,27,29,33). The van der Waals surface area contributed by atoms with Crippen molar-refractivity contribution in [3.05, 3.63) is 42.4 Å². The van der Waals surface area contributed by atoms with Crippen LogP contribution < -0.4 is 5.32 Å². The number of nitrogens with one attached hydrogen (secondary N) is 1. The average Bonchev–Trinajstić information content (AvgIpc) is 3.49. The highest BCUT2D eigenvalue weighted by molar-refractivity contribution is 5.96. The number of rotatable bonds is 6. The molecule has 0 spiro atoms. The maximum absolute atomic E-state index is 12.8. The molecule has 3 aromatic rings. The van der Waals surface area contributed by atoms with Crippen molar-refractivity contribution in [2.75, 3.05) is 31.5 Å². The summed E-state index contributed by atoms with van der Waals surface area (Å²) in [4.78, 5) is 22.0. The molecule has 0 saturated carbocycles. The molecule has 5 rings (SSSR count). The van der Waals surface area contributed by atoms with Crippen LogP contribution in [0.3, 0.4) is 0 Å². The first kappa shape index (κ1) is 22.0. The molecule has 0 aliphatic carbocycles. The molecule has 2 aliphatic heterocycles. The zero-order chi connectivity index (χ0) is 22.8. The van der Waals surface area contributed by atoms with Crippen molar-refractivity contribution in [3.63, 3.8) is 0 Å². The summed E-state index contributed by atoms with van der Waals surface area (Å²) in [6, 6.07) is 8.29. The maximum Gasteiger partial charge on any atom is 0.242 e. The van der Waals surface area contributed by atoms with Crippen molar-refractivity contribution < 1.29 is 4.79 Å². The summed E-state index contributed by atoms with van der Waals surface area (Å²) in [7, 11) is 2.03. The molecule has 1 aromatic carbocycles. The number of aryl methyl sites for hydroxylation is 1. The highest BCUT2D eigenvalue weighted by Gasteiger charge is 2.24. The van der Waals surface area contributed by atoms with Gasteiger partial charge in [-0.1, -0.05) is 18.6 Å². The Bertz CT molecular complexity index is 1130. The summed E-state index contributed by atoms with van der Waals surface area (Å²) in [6.07, 6.45) is 10.0. The Kier molecular flexibility index (Phi) is 6.42. The topological polar surface area (TPSA) is 66.3 Å². The van der Waals surface area contributed by atoms with Gasteiger partial charge >= 0.3 is 0 Å². The van der Waals surface area contributed by atoms with E-state index in [4.69, 9.17) is 0 Å². The van der Waals surface area contributed by atoms with Gasteiger partial charge in [0.2, 0.25) is 5.91 Å². The third-order valence-electron chi connectivity index (χ3n) is 7.24. The first-order valence-electron chi connectivity index (χ1n) is 12.3. The highest BCUT2D eigenvalue weighted by atomic mass is 16.2. The van der Waals surface area contributed by atoms with Crippen LogP contribution in [-0.2, 0) is 18.4 Å². The van der Waals surface area contributed by atoms with Crippen molar-refractivity contribution in [2.24, 2.45) is 7.05 Å². The molecule has 33 heavy (non-hydrogen) atoms. The number of pyridine rings is 1. The number of likely N-dealkylation sites (tertiary alicyclic amines) is 2. The minimum absolute atomic E-state index is 0.0102. The molecular formula is C26H34N6O. The monoisotopic (exact) mass is 446 g/mol. The molecule has 174 valence electrons. The Morgan fingerprint density at radius 3 is 2.55 bits per heavy atom. The molecule has 1 unspecified atom stereocenters. The molecular weight excluding hydrogens is 412 g/mol. The van der Waals surface area contributed by atoms with E-state index >= 15 is 0 Å². The second kappa shape index (κ2) is 9.61. The van der Waals surface area contributed by atoms with Gasteiger partial charge in [-0.2, -0.15) is 5.10 Å². The first-order valence-corrected chi connectivity index (χ1v) is 12.3. The number of carbonyl (C=O) groups excluding carboxylic acids is 1. The van der Waals surface area contributed by atoms with Crippen molar-refractivity contribution in [2.45, 2.75) is 51.6 Å². The Balaban J connectivity index is 1.37. The SMILES string of the molecule is CC(C(=O)Nc1cc2cc(-c3cnn(C)c3CN3CCCCC3)ccc2cn1)N1CCCC1. The summed E-state index contributed by atoms with van der Waals surface area (Å²) < 4.78 is 2.01. The van der Waals surface area contributed by atoms with Gasteiger partial charge in [-0.05, 0) is 81.9 Å². The number of hydrogen-bond donors (Lipinski definition) is 1. The van der Waals surface area contributed by atoms with E-state index in [-0.39, 0.29) is 11.9 Å². The first-order chi connectivity index (χ1) is 16.1. The zero-order valence-electron chi connectivity index (χ0n) is 19.8. The van der Waals surface area contributed by atoms with Crippen molar-refractivity contribution in [1.82, 2.24) is 24.6 Å². The quantitative estimate of drug-likeness (QED) is 0.619. The number of benzene rings is 1. The number of fused-ring (bicyclic) bond motifs is 1. The van der Waals surface area contributed by atoms with Crippen molar-refractivity contribution >= 4 is 22.5 Å². The molecule has 2 aromatic heterocycles. The van der Waals surface area contributed by atoms with Gasteiger partial charge in [0.25, 0.3) is 0 Å². The number of anilines is 1. The van der Waals surface area contributed by atoms with Crippen LogP contribution in [0.2, 0.25) is 0 Å². The lowest BCUT2D eigenvalue weighted by Crippen LogP contribution is -2.40. The molecule has 0 radical (unpaired) electrons. The molecule has 7 nitrogen and oxygen atoms in total. The lowest BCUT2D eigenvalue weighted by atomic mass is 10.0. The molecule has 2 saturated heterocycles. The van der Waals surface area contributed by atoms with E-state index in [1.54, 1.807) is 0 Å². The largest absolute Gasteiger partial charge is 0.309 e. The second-order valence-corrected chi connectivity index (χ2v) is 9.51. The molecule has 0 bridgehead atoms. The third-order valence-corrected chi connectivity index (χ3v) is 7.24. The molecule has 2 fully saturated rings. The number of carbonyl (C=O) groups is 1. The van der Waals surface area contributed by atoms with Crippen LogP contribution >= 0.6 is 0 Å². The van der Waals surface area contributed by atoms with Crippen LogP contribution in [0, 0.1) is 0 Å². The van der Waals surface area contributed by atoms with Gasteiger partial charge in [0.05, 0.1) is 17.9 Å². The smallest absolute Gasteiger partial charge is 0.242 e. The van der Waals surface area contributed by atoms with E-state index in [1.165, 1.54) is 43.4 Å². The fraction of sp³-hybridized carbons (Fsp3) is 0.500. The minimum atomic E-state index is -0.135. The third kappa shape index (κ3) is 4.80. The molecule has 1 atom stereocenters. The van der Waals surface area contributed by atoms with Gasteiger partial charge in [-0.3, -0.25) is 19.3 Å². The Labute approximate surface area is 195 Å². The zero-order valence-corrected chi connectivity index (χ0v) is 19.8. The normalized spacial score (nSPS) is 18.6. The fourth-order valence-corrected chi connectivity index (χ4v) is 5.12. The van der Waals surface area contributed by atoms with Crippen LogP contribution in [-0.4, -0.2) is 62.7 Å². The average molecular weight is 447 g/mol. The fourth-order valence-electron chi connectivity index (χ4n) is 5.12. The maximum atomic E-state index is 12.8. The summed E-state index contributed by atoms with van der Waals surface area (Å²) >= 11 is 0. The number of aromatic nitrogens is 3. The van der Waals surface area contributed by atoms with Crippen LogP contribution in [0.1, 0.15) is 44.7 Å². The van der Waals surface area contributed by atoms with Gasteiger partial charge < -0.3 is 5.32 Å². The van der Waals surface area contributed by atoms with Gasteiger partial charge in [-0.15, -0.1) is 0 Å².